The van der Waals surface area contributed by atoms with E-state index < -0.39 is 5.82 Å². The Hall–Kier alpha value is -2.60. The van der Waals surface area contributed by atoms with Gasteiger partial charge in [-0.15, -0.1) is 0 Å². The summed E-state index contributed by atoms with van der Waals surface area (Å²) in [6.07, 6.45) is 1.75. The van der Waals surface area contributed by atoms with E-state index in [9.17, 15) is 9.18 Å². The van der Waals surface area contributed by atoms with E-state index in [-0.39, 0.29) is 11.6 Å². The standard InChI is InChI=1S/C17H13FN2O2S/c1-22-12-8-6-11(7-9-12)10-15-16(21)20-17(23-15)19-14-5-3-2-4-13(14)18/h2-10H,1H3,(H,19,20,21)/b15-10-. The molecule has 1 saturated heterocycles. The van der Waals surface area contributed by atoms with Gasteiger partial charge in [-0.3, -0.25) is 4.79 Å². The molecule has 1 amide bonds. The maximum absolute atomic E-state index is 13.6. The topological polar surface area (TPSA) is 50.7 Å². The number of amidine groups is 1. The maximum atomic E-state index is 13.6. The number of carbonyl (C=O) groups is 1. The van der Waals surface area contributed by atoms with Gasteiger partial charge in [-0.25, -0.2) is 9.38 Å². The minimum atomic E-state index is -0.428. The first-order chi connectivity index (χ1) is 11.2. The van der Waals surface area contributed by atoms with Crippen LogP contribution in [-0.2, 0) is 4.79 Å². The highest BCUT2D eigenvalue weighted by Crippen LogP contribution is 2.29. The molecule has 1 heterocycles. The molecule has 0 atom stereocenters. The highest BCUT2D eigenvalue weighted by atomic mass is 32.2. The van der Waals surface area contributed by atoms with E-state index in [0.717, 1.165) is 11.3 Å². The number of rotatable bonds is 3. The molecule has 0 aromatic heterocycles. The van der Waals surface area contributed by atoms with E-state index in [1.807, 2.05) is 24.3 Å². The van der Waals surface area contributed by atoms with Crippen molar-refractivity contribution in [2.75, 3.05) is 7.11 Å². The fraction of sp³-hybridized carbons (Fsp3) is 0.0588. The van der Waals surface area contributed by atoms with Crippen LogP contribution in [0.1, 0.15) is 5.56 Å². The number of nitrogens with one attached hydrogen (secondary N) is 1. The largest absolute Gasteiger partial charge is 0.497 e. The number of benzene rings is 2. The first kappa shape index (κ1) is 15.3. The number of ether oxygens (including phenoxy) is 1. The molecule has 23 heavy (non-hydrogen) atoms. The molecule has 0 radical (unpaired) electrons. The van der Waals surface area contributed by atoms with Crippen molar-refractivity contribution in [2.45, 2.75) is 0 Å². The fourth-order valence-electron chi connectivity index (χ4n) is 1.98. The second kappa shape index (κ2) is 6.66. The van der Waals surface area contributed by atoms with Crippen LogP contribution < -0.4 is 10.1 Å². The molecule has 4 nitrogen and oxygen atoms in total. The quantitative estimate of drug-likeness (QED) is 0.874. The zero-order valence-electron chi connectivity index (χ0n) is 12.2. The molecule has 1 N–H and O–H groups in total. The Morgan fingerprint density at radius 1 is 1.17 bits per heavy atom. The van der Waals surface area contributed by atoms with Crippen LogP contribution in [0.3, 0.4) is 0 Å². The zero-order chi connectivity index (χ0) is 16.2. The third-order valence-corrected chi connectivity index (χ3v) is 4.05. The summed E-state index contributed by atoms with van der Waals surface area (Å²) in [6, 6.07) is 13.5. The Labute approximate surface area is 137 Å². The van der Waals surface area contributed by atoms with Crippen molar-refractivity contribution in [1.29, 1.82) is 0 Å². The van der Waals surface area contributed by atoms with Crippen molar-refractivity contribution in [1.82, 2.24) is 5.32 Å². The van der Waals surface area contributed by atoms with Gasteiger partial charge in [0.1, 0.15) is 17.3 Å². The Bertz CT molecular complexity index is 800. The van der Waals surface area contributed by atoms with Gasteiger partial charge < -0.3 is 10.1 Å². The van der Waals surface area contributed by atoms with Crippen molar-refractivity contribution in [3.05, 3.63) is 64.8 Å². The van der Waals surface area contributed by atoms with Crippen LogP contribution in [0.2, 0.25) is 0 Å². The van der Waals surface area contributed by atoms with Crippen molar-refractivity contribution in [3.63, 3.8) is 0 Å². The molecule has 1 fully saturated rings. The van der Waals surface area contributed by atoms with Gasteiger partial charge in [0.05, 0.1) is 12.0 Å². The number of amides is 1. The molecule has 2 aromatic rings. The number of carbonyl (C=O) groups excluding carboxylic acids is 1. The minimum Gasteiger partial charge on any atom is -0.497 e. The molecule has 0 aliphatic carbocycles. The van der Waals surface area contributed by atoms with Gasteiger partial charge in [-0.2, -0.15) is 0 Å². The van der Waals surface area contributed by atoms with Crippen LogP contribution >= 0.6 is 11.8 Å². The fourth-order valence-corrected chi connectivity index (χ4v) is 2.82. The molecule has 0 saturated carbocycles. The summed E-state index contributed by atoms with van der Waals surface area (Å²) >= 11 is 1.18. The van der Waals surface area contributed by atoms with Gasteiger partial charge in [0, 0.05) is 0 Å². The van der Waals surface area contributed by atoms with Crippen LogP contribution in [0.4, 0.5) is 10.1 Å². The molecule has 1 aliphatic rings. The van der Waals surface area contributed by atoms with Crippen LogP contribution in [-0.4, -0.2) is 18.2 Å². The molecule has 0 bridgehead atoms. The van der Waals surface area contributed by atoms with Crippen molar-refractivity contribution in [2.24, 2.45) is 4.99 Å². The van der Waals surface area contributed by atoms with Crippen molar-refractivity contribution >= 4 is 34.6 Å². The van der Waals surface area contributed by atoms with E-state index in [4.69, 9.17) is 4.74 Å². The van der Waals surface area contributed by atoms with Crippen LogP contribution in [0.25, 0.3) is 6.08 Å². The van der Waals surface area contributed by atoms with Gasteiger partial charge in [0.2, 0.25) is 0 Å². The zero-order valence-corrected chi connectivity index (χ0v) is 13.1. The van der Waals surface area contributed by atoms with E-state index in [0.29, 0.717) is 10.1 Å². The predicted octanol–water partition coefficient (Wildman–Crippen LogP) is 3.73. The van der Waals surface area contributed by atoms with E-state index in [1.165, 1.54) is 17.8 Å². The van der Waals surface area contributed by atoms with E-state index >= 15 is 0 Å². The summed E-state index contributed by atoms with van der Waals surface area (Å²) in [5, 5.41) is 3.00. The average Bonchev–Trinajstić information content (AvgIpc) is 2.90. The third kappa shape index (κ3) is 3.60. The third-order valence-electron chi connectivity index (χ3n) is 3.14. The number of hydrogen-bond donors (Lipinski definition) is 1. The first-order valence-corrected chi connectivity index (χ1v) is 7.65. The molecule has 0 unspecified atom stereocenters. The molecule has 2 aromatic carbocycles. The first-order valence-electron chi connectivity index (χ1n) is 6.84. The predicted molar refractivity (Wildman–Crippen MR) is 90.2 cm³/mol. The molecule has 3 rings (SSSR count). The van der Waals surface area contributed by atoms with Gasteiger partial charge >= 0.3 is 0 Å². The van der Waals surface area contributed by atoms with Gasteiger partial charge in [-0.1, -0.05) is 24.3 Å². The van der Waals surface area contributed by atoms with E-state index in [1.54, 1.807) is 31.4 Å². The second-order valence-electron chi connectivity index (χ2n) is 4.71. The monoisotopic (exact) mass is 328 g/mol. The lowest BCUT2D eigenvalue weighted by molar-refractivity contribution is -0.115. The number of aliphatic imine (C=N–C) groups is 1. The lowest BCUT2D eigenvalue weighted by Gasteiger charge is -1.99. The second-order valence-corrected chi connectivity index (χ2v) is 5.74. The normalized spacial score (nSPS) is 17.6. The summed E-state index contributed by atoms with van der Waals surface area (Å²) < 4.78 is 18.7. The van der Waals surface area contributed by atoms with Crippen LogP contribution in [0.5, 0.6) is 5.75 Å². The molecule has 1 aliphatic heterocycles. The molecule has 116 valence electrons. The Morgan fingerprint density at radius 2 is 1.91 bits per heavy atom. The average molecular weight is 328 g/mol. The van der Waals surface area contributed by atoms with Crippen molar-refractivity contribution < 1.29 is 13.9 Å². The highest BCUT2D eigenvalue weighted by molar-refractivity contribution is 8.18. The molecular weight excluding hydrogens is 315 g/mol. The van der Waals surface area contributed by atoms with E-state index in [2.05, 4.69) is 10.3 Å². The Balaban J connectivity index is 1.82. The molecule has 6 heteroatoms. The number of nitrogens with zero attached hydrogens (tertiary/aromatic N) is 1. The van der Waals surface area contributed by atoms with Gasteiger partial charge in [-0.05, 0) is 47.7 Å². The molecule has 0 spiro atoms. The van der Waals surface area contributed by atoms with Crippen LogP contribution in [0, 0.1) is 5.82 Å². The Kier molecular flexibility index (Phi) is 4.43. The van der Waals surface area contributed by atoms with Gasteiger partial charge in [0.25, 0.3) is 5.91 Å². The lowest BCUT2D eigenvalue weighted by Crippen LogP contribution is -2.19. The maximum Gasteiger partial charge on any atom is 0.264 e. The Morgan fingerprint density at radius 3 is 2.61 bits per heavy atom. The number of hydrogen-bond acceptors (Lipinski definition) is 4. The number of methoxy groups -OCH3 is 1. The van der Waals surface area contributed by atoms with Crippen LogP contribution in [0.15, 0.2) is 58.4 Å². The number of para-hydroxylation sites is 1. The smallest absolute Gasteiger partial charge is 0.264 e. The highest BCUT2D eigenvalue weighted by Gasteiger charge is 2.24. The molecular formula is C17H13FN2O2S. The summed E-state index contributed by atoms with van der Waals surface area (Å²) in [6.45, 7) is 0. The summed E-state index contributed by atoms with van der Waals surface area (Å²) in [4.78, 5) is 16.6. The van der Waals surface area contributed by atoms with Gasteiger partial charge in [0.15, 0.2) is 5.17 Å². The number of thioether (sulfide) groups is 1. The minimum absolute atomic E-state index is 0.195. The van der Waals surface area contributed by atoms with Crippen molar-refractivity contribution in [3.8, 4) is 5.75 Å². The number of halogens is 1. The summed E-state index contributed by atoms with van der Waals surface area (Å²) in [5.41, 5.74) is 1.07. The summed E-state index contributed by atoms with van der Waals surface area (Å²) in [7, 11) is 1.60. The SMILES string of the molecule is COc1ccc(/C=C2\SC(=Nc3ccccc3F)NC2=O)cc1. The lowest BCUT2D eigenvalue weighted by atomic mass is 10.2. The summed E-state index contributed by atoms with van der Waals surface area (Å²) in [5.74, 6) is 0.0702.